The van der Waals surface area contributed by atoms with Crippen molar-refractivity contribution in [3.63, 3.8) is 0 Å². The van der Waals surface area contributed by atoms with Crippen molar-refractivity contribution in [2.24, 2.45) is 0 Å². The van der Waals surface area contributed by atoms with Crippen LogP contribution in [0, 0.1) is 0 Å². The van der Waals surface area contributed by atoms with Crippen LogP contribution in [0.15, 0.2) is 81.6 Å². The number of halogens is 3. The summed E-state index contributed by atoms with van der Waals surface area (Å²) in [6.07, 6.45) is 3.75. The van der Waals surface area contributed by atoms with E-state index >= 15 is 0 Å². The molecule has 1 aliphatic rings. The van der Waals surface area contributed by atoms with Crippen LogP contribution in [-0.2, 0) is 0 Å². The van der Waals surface area contributed by atoms with Gasteiger partial charge in [0.25, 0.3) is 0 Å². The molecular formula is C29H22Cl3N5O2. The fourth-order valence-electron chi connectivity index (χ4n) is 4.40. The molecule has 0 amide bonds. The van der Waals surface area contributed by atoms with E-state index in [1.807, 2.05) is 54.6 Å². The topological polar surface area (TPSA) is 81.1 Å². The minimum atomic E-state index is 0.374. The molecule has 6 aromatic rings. The van der Waals surface area contributed by atoms with Crippen LogP contribution in [-0.4, -0.2) is 33.0 Å². The largest absolute Gasteiger partial charge is 0.418 e. The lowest BCUT2D eigenvalue weighted by molar-refractivity contribution is 0.569. The third-order valence-electron chi connectivity index (χ3n) is 6.35. The highest BCUT2D eigenvalue weighted by Crippen LogP contribution is 2.31. The molecule has 196 valence electrons. The predicted molar refractivity (Wildman–Crippen MR) is 156 cm³/mol. The summed E-state index contributed by atoms with van der Waals surface area (Å²) in [4.78, 5) is 19.8. The maximum atomic E-state index is 6.21. The van der Waals surface area contributed by atoms with Crippen molar-refractivity contribution in [1.29, 1.82) is 0 Å². The number of nitrogens with zero attached hydrogens (tertiary/aromatic N) is 5. The maximum Gasteiger partial charge on any atom is 0.249 e. The van der Waals surface area contributed by atoms with E-state index in [1.54, 1.807) is 18.2 Å². The van der Waals surface area contributed by atoms with Gasteiger partial charge in [-0.1, -0.05) is 59.1 Å². The van der Waals surface area contributed by atoms with Gasteiger partial charge in [0, 0.05) is 13.1 Å². The zero-order valence-electron chi connectivity index (χ0n) is 20.7. The number of oxazole rings is 2. The van der Waals surface area contributed by atoms with Crippen molar-refractivity contribution in [2.75, 3.05) is 18.0 Å². The number of hydrogen-bond acceptors (Lipinski definition) is 7. The fraction of sp³-hybridized carbons (Fsp3) is 0.172. The highest BCUT2D eigenvalue weighted by atomic mass is 35.5. The lowest BCUT2D eigenvalue weighted by Gasteiger charge is -2.27. The van der Waals surface area contributed by atoms with Crippen LogP contribution >= 0.6 is 34.8 Å². The normalized spacial score (nSPS) is 13.5. The lowest BCUT2D eigenvalue weighted by atomic mass is 10.1. The summed E-state index contributed by atoms with van der Waals surface area (Å²) in [6.45, 7) is 2.12. The van der Waals surface area contributed by atoms with Gasteiger partial charge in [0.15, 0.2) is 0 Å². The van der Waals surface area contributed by atoms with Crippen molar-refractivity contribution in [1.82, 2.24) is 19.9 Å². The first-order valence-corrected chi connectivity index (χ1v) is 13.6. The first-order chi connectivity index (χ1) is 19.0. The summed E-state index contributed by atoms with van der Waals surface area (Å²) >= 11 is 18.1. The Morgan fingerprint density at radius 2 is 1.10 bits per heavy atom. The molecule has 0 N–H and O–H groups in total. The van der Waals surface area contributed by atoms with Gasteiger partial charge in [-0.15, -0.1) is 0 Å². The zero-order chi connectivity index (χ0) is 26.8. The van der Waals surface area contributed by atoms with E-state index in [1.165, 1.54) is 19.3 Å². The summed E-state index contributed by atoms with van der Waals surface area (Å²) in [6, 6.07) is 22.3. The Morgan fingerprint density at radius 1 is 0.564 bits per heavy atom. The molecule has 1 aliphatic heterocycles. The number of fused-ring (bicyclic) bond motifs is 2. The number of piperidine rings is 1. The number of anilines is 1. The van der Waals surface area contributed by atoms with Crippen LogP contribution < -0.4 is 4.90 Å². The van der Waals surface area contributed by atoms with Crippen LogP contribution in [0.25, 0.3) is 45.4 Å². The van der Waals surface area contributed by atoms with E-state index in [0.29, 0.717) is 43.9 Å². The Labute approximate surface area is 239 Å². The van der Waals surface area contributed by atoms with Gasteiger partial charge in [0.2, 0.25) is 23.2 Å². The van der Waals surface area contributed by atoms with Crippen LogP contribution in [0.2, 0.25) is 15.2 Å². The Kier molecular flexibility index (Phi) is 7.37. The highest BCUT2D eigenvalue weighted by molar-refractivity contribution is 6.33. The molecule has 7 nitrogen and oxygen atoms in total. The SMILES string of the molecule is Clc1ccc2nc(-c3ccccc3Cl)oc2n1.Clc1ccccc1-c1nc2ccc(N3CCCCC3)nc2o1. The molecule has 0 aliphatic carbocycles. The molecule has 2 aromatic carbocycles. The van der Waals surface area contributed by atoms with Gasteiger partial charge in [-0.05, 0) is 67.8 Å². The molecule has 0 saturated carbocycles. The molecule has 4 aromatic heterocycles. The standard InChI is InChI=1S/C17H16ClN3O.C12H6Cl2N2O/c18-13-7-3-2-6-12(13)16-19-14-8-9-15(20-17(14)22-16)21-10-4-1-5-11-21;13-8-4-2-1-3-7(8)11-15-9-5-6-10(14)16-12(9)17-11/h2-3,6-9H,1,4-5,10-11H2;1-6H. The molecule has 0 bridgehead atoms. The molecular weight excluding hydrogens is 557 g/mol. The van der Waals surface area contributed by atoms with E-state index < -0.39 is 0 Å². The van der Waals surface area contributed by atoms with E-state index in [4.69, 9.17) is 43.6 Å². The van der Waals surface area contributed by atoms with Gasteiger partial charge < -0.3 is 13.7 Å². The van der Waals surface area contributed by atoms with Crippen molar-refractivity contribution in [2.45, 2.75) is 19.3 Å². The van der Waals surface area contributed by atoms with Crippen LogP contribution in [0.4, 0.5) is 5.82 Å². The van der Waals surface area contributed by atoms with Gasteiger partial charge >= 0.3 is 0 Å². The highest BCUT2D eigenvalue weighted by Gasteiger charge is 2.16. The van der Waals surface area contributed by atoms with Crippen LogP contribution in [0.5, 0.6) is 0 Å². The van der Waals surface area contributed by atoms with Crippen molar-refractivity contribution in [3.05, 3.63) is 88.0 Å². The second kappa shape index (κ2) is 11.2. The van der Waals surface area contributed by atoms with Crippen molar-refractivity contribution < 1.29 is 8.83 Å². The molecule has 5 heterocycles. The van der Waals surface area contributed by atoms with Gasteiger partial charge in [-0.25, -0.2) is 9.97 Å². The molecule has 0 unspecified atom stereocenters. The Bertz CT molecular complexity index is 1760. The van der Waals surface area contributed by atoms with E-state index in [9.17, 15) is 0 Å². The Balaban J connectivity index is 0.000000147. The third-order valence-corrected chi connectivity index (χ3v) is 7.22. The van der Waals surface area contributed by atoms with Crippen molar-refractivity contribution >= 4 is 63.1 Å². The monoisotopic (exact) mass is 577 g/mol. The number of rotatable bonds is 3. The van der Waals surface area contributed by atoms with Crippen molar-refractivity contribution in [3.8, 4) is 22.9 Å². The molecule has 1 fully saturated rings. The van der Waals surface area contributed by atoms with E-state index in [0.717, 1.165) is 35.6 Å². The first kappa shape index (κ1) is 25.6. The summed E-state index contributed by atoms with van der Waals surface area (Å²) < 4.78 is 11.4. The fourth-order valence-corrected chi connectivity index (χ4v) is 4.97. The second-order valence-corrected chi connectivity index (χ2v) is 10.2. The molecule has 0 spiro atoms. The minimum Gasteiger partial charge on any atom is -0.418 e. The van der Waals surface area contributed by atoms with E-state index in [2.05, 4.69) is 24.8 Å². The van der Waals surface area contributed by atoms with Gasteiger partial charge in [0.1, 0.15) is 22.0 Å². The van der Waals surface area contributed by atoms with Gasteiger partial charge in [0.05, 0.1) is 21.2 Å². The number of hydrogen-bond donors (Lipinski definition) is 0. The lowest BCUT2D eigenvalue weighted by Crippen LogP contribution is -2.29. The molecule has 39 heavy (non-hydrogen) atoms. The second-order valence-electron chi connectivity index (χ2n) is 9.00. The van der Waals surface area contributed by atoms with Gasteiger partial charge in [-0.2, -0.15) is 9.97 Å². The zero-order valence-corrected chi connectivity index (χ0v) is 22.9. The van der Waals surface area contributed by atoms with E-state index in [-0.39, 0.29) is 0 Å². The number of benzene rings is 2. The van der Waals surface area contributed by atoms with Gasteiger partial charge in [-0.3, -0.25) is 0 Å². The van der Waals surface area contributed by atoms with Crippen LogP contribution in [0.1, 0.15) is 19.3 Å². The molecule has 0 atom stereocenters. The Hall–Kier alpha value is -3.65. The average Bonchev–Trinajstić information content (AvgIpc) is 3.58. The summed E-state index contributed by atoms with van der Waals surface area (Å²) in [5, 5.41) is 1.59. The molecule has 10 heteroatoms. The smallest absolute Gasteiger partial charge is 0.249 e. The number of pyridine rings is 2. The first-order valence-electron chi connectivity index (χ1n) is 12.5. The molecule has 0 radical (unpaired) electrons. The third kappa shape index (κ3) is 5.57. The predicted octanol–water partition coefficient (Wildman–Crippen LogP) is 8.73. The summed E-state index contributed by atoms with van der Waals surface area (Å²) in [7, 11) is 0. The van der Waals surface area contributed by atoms with Crippen LogP contribution in [0.3, 0.4) is 0 Å². The average molecular weight is 579 g/mol. The number of aromatic nitrogens is 4. The molecule has 1 saturated heterocycles. The molecule has 7 rings (SSSR count). The summed E-state index contributed by atoms with van der Waals surface area (Å²) in [5.41, 5.74) is 3.93. The quantitative estimate of drug-likeness (QED) is 0.194. The maximum absolute atomic E-state index is 6.21. The minimum absolute atomic E-state index is 0.374. The Morgan fingerprint density at radius 3 is 1.69 bits per heavy atom. The summed E-state index contributed by atoms with van der Waals surface area (Å²) in [5.74, 6) is 1.93.